The minimum absolute atomic E-state index is 0.309. The fourth-order valence-corrected chi connectivity index (χ4v) is 2.09. The van der Waals surface area contributed by atoms with Crippen molar-refractivity contribution in [2.24, 2.45) is 5.73 Å². The molecule has 1 aliphatic heterocycles. The first-order valence-corrected chi connectivity index (χ1v) is 6.93. The molecule has 0 aliphatic carbocycles. The molecular formula is C13H23N5O. The molecule has 0 radical (unpaired) electrons. The van der Waals surface area contributed by atoms with Gasteiger partial charge in [-0.3, -0.25) is 0 Å². The van der Waals surface area contributed by atoms with Crippen molar-refractivity contribution in [1.29, 1.82) is 0 Å². The maximum absolute atomic E-state index is 5.58. The van der Waals surface area contributed by atoms with Gasteiger partial charge in [0.1, 0.15) is 17.5 Å². The normalized spacial score (nSPS) is 18.5. The number of aryl methyl sites for hydroxylation is 1. The molecular weight excluding hydrogens is 242 g/mol. The Hall–Kier alpha value is -1.40. The SMILES string of the molecule is Cc1nc(NCCCN)cc(NCC2CCCO2)n1. The van der Waals surface area contributed by atoms with Gasteiger partial charge in [0, 0.05) is 25.8 Å². The molecule has 0 amide bonds. The van der Waals surface area contributed by atoms with Crippen LogP contribution in [0.15, 0.2) is 6.07 Å². The van der Waals surface area contributed by atoms with E-state index in [2.05, 4.69) is 20.6 Å². The van der Waals surface area contributed by atoms with Crippen LogP contribution in [0, 0.1) is 6.92 Å². The van der Waals surface area contributed by atoms with Gasteiger partial charge >= 0.3 is 0 Å². The van der Waals surface area contributed by atoms with Gasteiger partial charge in [-0.1, -0.05) is 0 Å². The highest BCUT2D eigenvalue weighted by atomic mass is 16.5. The molecule has 19 heavy (non-hydrogen) atoms. The molecule has 2 heterocycles. The van der Waals surface area contributed by atoms with Crippen molar-refractivity contribution < 1.29 is 4.74 Å². The third kappa shape index (κ3) is 4.65. The van der Waals surface area contributed by atoms with E-state index in [1.807, 2.05) is 13.0 Å². The van der Waals surface area contributed by atoms with Crippen LogP contribution >= 0.6 is 0 Å². The number of anilines is 2. The number of rotatable bonds is 7. The van der Waals surface area contributed by atoms with E-state index in [-0.39, 0.29) is 0 Å². The molecule has 0 aromatic carbocycles. The highest BCUT2D eigenvalue weighted by molar-refractivity contribution is 5.47. The Morgan fingerprint density at radius 1 is 1.37 bits per heavy atom. The summed E-state index contributed by atoms with van der Waals surface area (Å²) in [5.41, 5.74) is 5.47. The first-order chi connectivity index (χ1) is 9.28. The summed E-state index contributed by atoms with van der Waals surface area (Å²) >= 11 is 0. The Morgan fingerprint density at radius 2 is 2.16 bits per heavy atom. The summed E-state index contributed by atoms with van der Waals surface area (Å²) in [7, 11) is 0. The van der Waals surface area contributed by atoms with Crippen LogP contribution in [0.1, 0.15) is 25.1 Å². The summed E-state index contributed by atoms with van der Waals surface area (Å²) in [6.45, 7) is 5.09. The van der Waals surface area contributed by atoms with Gasteiger partial charge in [0.25, 0.3) is 0 Å². The van der Waals surface area contributed by atoms with Gasteiger partial charge in [-0.25, -0.2) is 9.97 Å². The number of ether oxygens (including phenoxy) is 1. The lowest BCUT2D eigenvalue weighted by molar-refractivity contribution is 0.120. The van der Waals surface area contributed by atoms with Gasteiger partial charge < -0.3 is 21.1 Å². The monoisotopic (exact) mass is 265 g/mol. The number of nitrogens with one attached hydrogen (secondary N) is 2. The van der Waals surface area contributed by atoms with Crippen LogP contribution in [0.4, 0.5) is 11.6 Å². The molecule has 0 bridgehead atoms. The van der Waals surface area contributed by atoms with Crippen molar-refractivity contribution in [2.75, 3.05) is 36.9 Å². The zero-order chi connectivity index (χ0) is 13.5. The first kappa shape index (κ1) is 14.0. The minimum Gasteiger partial charge on any atom is -0.376 e. The topological polar surface area (TPSA) is 85.1 Å². The lowest BCUT2D eigenvalue weighted by Crippen LogP contribution is -2.19. The summed E-state index contributed by atoms with van der Waals surface area (Å²) in [6.07, 6.45) is 3.52. The van der Waals surface area contributed by atoms with E-state index < -0.39 is 0 Å². The smallest absolute Gasteiger partial charge is 0.131 e. The van der Waals surface area contributed by atoms with Gasteiger partial charge in [0.05, 0.1) is 6.10 Å². The standard InChI is InChI=1S/C13H23N5O/c1-10-17-12(15-6-3-5-14)8-13(18-10)16-9-11-4-2-7-19-11/h8,11H,2-7,9,14H2,1H3,(H2,15,16,17,18). The number of aromatic nitrogens is 2. The third-order valence-corrected chi connectivity index (χ3v) is 3.06. The van der Waals surface area contributed by atoms with Crippen molar-refractivity contribution >= 4 is 11.6 Å². The lowest BCUT2D eigenvalue weighted by Gasteiger charge is -2.13. The average molecular weight is 265 g/mol. The van der Waals surface area contributed by atoms with Crippen LogP contribution in [0.2, 0.25) is 0 Å². The van der Waals surface area contributed by atoms with Crippen molar-refractivity contribution in [3.8, 4) is 0 Å². The van der Waals surface area contributed by atoms with Crippen LogP contribution in [-0.2, 0) is 4.74 Å². The molecule has 2 rings (SSSR count). The second-order valence-electron chi connectivity index (χ2n) is 4.77. The fraction of sp³-hybridized carbons (Fsp3) is 0.692. The predicted octanol–water partition coefficient (Wildman–Crippen LogP) is 1.14. The summed E-state index contributed by atoms with van der Waals surface area (Å²) in [6, 6.07) is 1.93. The van der Waals surface area contributed by atoms with Gasteiger partial charge in [-0.2, -0.15) is 0 Å². The zero-order valence-corrected chi connectivity index (χ0v) is 11.5. The highest BCUT2D eigenvalue weighted by Crippen LogP contribution is 2.15. The summed E-state index contributed by atoms with van der Waals surface area (Å²) in [4.78, 5) is 8.73. The Balaban J connectivity index is 1.87. The van der Waals surface area contributed by atoms with Crippen LogP contribution < -0.4 is 16.4 Å². The molecule has 1 fully saturated rings. The molecule has 106 valence electrons. The van der Waals surface area contributed by atoms with Crippen LogP contribution in [0.3, 0.4) is 0 Å². The van der Waals surface area contributed by atoms with Crippen LogP contribution in [0.5, 0.6) is 0 Å². The van der Waals surface area contributed by atoms with E-state index >= 15 is 0 Å². The molecule has 1 atom stereocenters. The van der Waals surface area contributed by atoms with Crippen molar-refractivity contribution in [3.63, 3.8) is 0 Å². The average Bonchev–Trinajstić information content (AvgIpc) is 2.89. The van der Waals surface area contributed by atoms with E-state index in [0.29, 0.717) is 12.6 Å². The van der Waals surface area contributed by atoms with Gasteiger partial charge in [0.2, 0.25) is 0 Å². The quantitative estimate of drug-likeness (QED) is 0.641. The summed E-state index contributed by atoms with van der Waals surface area (Å²) in [5.74, 6) is 2.45. The Kier molecular flexibility index (Phi) is 5.35. The Morgan fingerprint density at radius 3 is 2.84 bits per heavy atom. The molecule has 1 aromatic heterocycles. The predicted molar refractivity (Wildman–Crippen MR) is 76.4 cm³/mol. The van der Waals surface area contributed by atoms with E-state index in [1.54, 1.807) is 0 Å². The molecule has 6 heteroatoms. The molecule has 1 aliphatic rings. The maximum Gasteiger partial charge on any atom is 0.131 e. The Labute approximate surface area is 114 Å². The van der Waals surface area contributed by atoms with Crippen molar-refractivity contribution in [3.05, 3.63) is 11.9 Å². The van der Waals surface area contributed by atoms with Crippen molar-refractivity contribution in [2.45, 2.75) is 32.3 Å². The summed E-state index contributed by atoms with van der Waals surface area (Å²) in [5, 5.41) is 6.57. The number of nitrogens with zero attached hydrogens (tertiary/aromatic N) is 2. The van der Waals surface area contributed by atoms with E-state index in [9.17, 15) is 0 Å². The molecule has 0 spiro atoms. The summed E-state index contributed by atoms with van der Waals surface area (Å²) < 4.78 is 5.58. The molecule has 0 saturated carbocycles. The van der Waals surface area contributed by atoms with E-state index in [4.69, 9.17) is 10.5 Å². The van der Waals surface area contributed by atoms with Crippen LogP contribution in [0.25, 0.3) is 0 Å². The molecule has 1 saturated heterocycles. The van der Waals surface area contributed by atoms with Crippen molar-refractivity contribution in [1.82, 2.24) is 9.97 Å². The molecule has 1 aromatic rings. The second kappa shape index (κ2) is 7.25. The largest absolute Gasteiger partial charge is 0.376 e. The second-order valence-corrected chi connectivity index (χ2v) is 4.77. The number of nitrogens with two attached hydrogens (primary N) is 1. The minimum atomic E-state index is 0.309. The zero-order valence-electron chi connectivity index (χ0n) is 11.5. The Bertz CT molecular complexity index is 393. The molecule has 1 unspecified atom stereocenters. The van der Waals surface area contributed by atoms with Gasteiger partial charge in [-0.05, 0) is 32.7 Å². The first-order valence-electron chi connectivity index (χ1n) is 6.93. The molecule has 6 nitrogen and oxygen atoms in total. The van der Waals surface area contributed by atoms with Gasteiger partial charge in [0.15, 0.2) is 0 Å². The maximum atomic E-state index is 5.58. The number of hydrogen-bond acceptors (Lipinski definition) is 6. The van der Waals surface area contributed by atoms with Gasteiger partial charge in [-0.15, -0.1) is 0 Å². The highest BCUT2D eigenvalue weighted by Gasteiger charge is 2.15. The van der Waals surface area contributed by atoms with E-state index in [0.717, 1.165) is 56.4 Å². The molecule has 4 N–H and O–H groups in total. The van der Waals surface area contributed by atoms with Crippen LogP contribution in [-0.4, -0.2) is 42.3 Å². The fourth-order valence-electron chi connectivity index (χ4n) is 2.09. The number of hydrogen-bond donors (Lipinski definition) is 3. The third-order valence-electron chi connectivity index (χ3n) is 3.06. The van der Waals surface area contributed by atoms with E-state index in [1.165, 1.54) is 0 Å². The lowest BCUT2D eigenvalue weighted by atomic mass is 10.2.